The molecule has 3 nitrogen and oxygen atoms in total. The maximum absolute atomic E-state index is 5.50. The summed E-state index contributed by atoms with van der Waals surface area (Å²) in [5, 5.41) is 4.29. The summed E-state index contributed by atoms with van der Waals surface area (Å²) in [6.07, 6.45) is 2.32. The summed E-state index contributed by atoms with van der Waals surface area (Å²) in [7, 11) is 0. The molecule has 0 atom stereocenters. The van der Waals surface area contributed by atoms with Crippen LogP contribution in [-0.4, -0.2) is 24.7 Å². The molecule has 1 aromatic carbocycles. The number of ether oxygens (including phenoxy) is 1. The molecule has 98 valence electrons. The molecule has 0 saturated heterocycles. The van der Waals surface area contributed by atoms with Gasteiger partial charge in [-0.05, 0) is 31.0 Å². The molecule has 0 aliphatic heterocycles. The lowest BCUT2D eigenvalue weighted by atomic mass is 10.2. The van der Waals surface area contributed by atoms with E-state index in [0.29, 0.717) is 0 Å². The Hall–Kier alpha value is -1.13. The quantitative estimate of drug-likeness (QED) is 0.772. The molecule has 1 N–H and O–H groups in total. The highest BCUT2D eigenvalue weighted by molar-refractivity contribution is 7.22. The summed E-state index contributed by atoms with van der Waals surface area (Å²) in [6, 6.07) is 6.37. The van der Waals surface area contributed by atoms with Crippen LogP contribution in [0.15, 0.2) is 18.2 Å². The van der Waals surface area contributed by atoms with E-state index in [1.165, 1.54) is 16.7 Å². The van der Waals surface area contributed by atoms with E-state index in [0.717, 1.165) is 36.8 Å². The Balaban J connectivity index is 1.81. The number of nitrogens with zero attached hydrogens (tertiary/aromatic N) is 1. The highest BCUT2D eigenvalue weighted by Crippen LogP contribution is 2.26. The van der Waals surface area contributed by atoms with Crippen LogP contribution in [0.5, 0.6) is 0 Å². The Morgan fingerprint density at radius 2 is 2.22 bits per heavy atom. The van der Waals surface area contributed by atoms with Gasteiger partial charge in [0.15, 0.2) is 5.13 Å². The predicted molar refractivity (Wildman–Crippen MR) is 78.6 cm³/mol. The molecule has 0 unspecified atom stereocenters. The number of aryl methyl sites for hydroxylation is 1. The van der Waals surface area contributed by atoms with Crippen molar-refractivity contribution in [3.05, 3.63) is 23.8 Å². The summed E-state index contributed by atoms with van der Waals surface area (Å²) < 4.78 is 6.73. The third-order valence-electron chi connectivity index (χ3n) is 2.71. The number of hydrogen-bond donors (Lipinski definition) is 1. The number of nitrogens with one attached hydrogen (secondary N) is 1. The number of benzene rings is 1. The first kappa shape index (κ1) is 13.3. The molecule has 0 saturated carbocycles. The standard InChI is InChI=1S/C14H20N2OS/c1-3-4-8-17-9-7-15-14-16-12-10-11(2)5-6-13(12)18-14/h5-6,10H,3-4,7-9H2,1-2H3,(H,15,16). The molecular formula is C14H20N2OS. The van der Waals surface area contributed by atoms with E-state index in [1.807, 2.05) is 0 Å². The van der Waals surface area contributed by atoms with E-state index < -0.39 is 0 Å². The van der Waals surface area contributed by atoms with Crippen LogP contribution in [0.1, 0.15) is 25.3 Å². The second-order valence-electron chi connectivity index (χ2n) is 4.38. The van der Waals surface area contributed by atoms with Gasteiger partial charge in [0.25, 0.3) is 0 Å². The molecule has 0 bridgehead atoms. The van der Waals surface area contributed by atoms with Gasteiger partial charge in [-0.25, -0.2) is 4.98 Å². The molecule has 0 aliphatic carbocycles. The average Bonchev–Trinajstić information content (AvgIpc) is 2.75. The maximum Gasteiger partial charge on any atom is 0.183 e. The first-order valence-electron chi connectivity index (χ1n) is 6.48. The summed E-state index contributed by atoms with van der Waals surface area (Å²) in [4.78, 5) is 4.56. The van der Waals surface area contributed by atoms with Crippen LogP contribution >= 0.6 is 11.3 Å². The van der Waals surface area contributed by atoms with Gasteiger partial charge in [-0.3, -0.25) is 0 Å². The Morgan fingerprint density at radius 1 is 1.33 bits per heavy atom. The van der Waals surface area contributed by atoms with E-state index in [4.69, 9.17) is 4.74 Å². The number of rotatable bonds is 7. The fourth-order valence-corrected chi connectivity index (χ4v) is 2.56. The highest BCUT2D eigenvalue weighted by atomic mass is 32.1. The van der Waals surface area contributed by atoms with Crippen LogP contribution < -0.4 is 5.32 Å². The fourth-order valence-electron chi connectivity index (χ4n) is 1.69. The van der Waals surface area contributed by atoms with Crippen LogP contribution in [-0.2, 0) is 4.74 Å². The van der Waals surface area contributed by atoms with Crippen molar-refractivity contribution in [1.82, 2.24) is 4.98 Å². The number of fused-ring (bicyclic) bond motifs is 1. The molecule has 18 heavy (non-hydrogen) atoms. The van der Waals surface area contributed by atoms with Crippen molar-refractivity contribution in [2.24, 2.45) is 0 Å². The van der Waals surface area contributed by atoms with Gasteiger partial charge in [0.05, 0.1) is 16.8 Å². The summed E-state index contributed by atoms with van der Waals surface area (Å²) >= 11 is 1.70. The summed E-state index contributed by atoms with van der Waals surface area (Å²) in [6.45, 7) is 6.69. The normalized spacial score (nSPS) is 11.0. The lowest BCUT2D eigenvalue weighted by Crippen LogP contribution is -2.09. The van der Waals surface area contributed by atoms with Crippen molar-refractivity contribution >= 4 is 26.7 Å². The largest absolute Gasteiger partial charge is 0.380 e. The highest BCUT2D eigenvalue weighted by Gasteiger charge is 2.02. The number of thiazole rings is 1. The van der Waals surface area contributed by atoms with Gasteiger partial charge in [0.2, 0.25) is 0 Å². The van der Waals surface area contributed by atoms with Crippen molar-refractivity contribution in [3.63, 3.8) is 0 Å². The summed E-state index contributed by atoms with van der Waals surface area (Å²) in [5.41, 5.74) is 2.33. The third kappa shape index (κ3) is 3.68. The lowest BCUT2D eigenvalue weighted by molar-refractivity contribution is 0.141. The fraction of sp³-hybridized carbons (Fsp3) is 0.500. The van der Waals surface area contributed by atoms with Gasteiger partial charge in [-0.15, -0.1) is 0 Å². The SMILES string of the molecule is CCCCOCCNc1nc2cc(C)ccc2s1. The van der Waals surface area contributed by atoms with Crippen molar-refractivity contribution in [3.8, 4) is 0 Å². The van der Waals surface area contributed by atoms with Crippen molar-refractivity contribution in [2.75, 3.05) is 25.1 Å². The predicted octanol–water partition coefficient (Wildman–Crippen LogP) is 3.83. The topological polar surface area (TPSA) is 34.1 Å². The minimum Gasteiger partial charge on any atom is -0.380 e. The van der Waals surface area contributed by atoms with Gasteiger partial charge in [0.1, 0.15) is 0 Å². The van der Waals surface area contributed by atoms with Crippen LogP contribution in [0, 0.1) is 6.92 Å². The Morgan fingerprint density at radius 3 is 3.06 bits per heavy atom. The number of aromatic nitrogens is 1. The van der Waals surface area contributed by atoms with Crippen LogP contribution in [0.2, 0.25) is 0 Å². The first-order chi connectivity index (χ1) is 8.79. The van der Waals surface area contributed by atoms with Crippen molar-refractivity contribution in [2.45, 2.75) is 26.7 Å². The van der Waals surface area contributed by atoms with Crippen molar-refractivity contribution in [1.29, 1.82) is 0 Å². The molecule has 0 amide bonds. The Kier molecular flexibility index (Phi) is 4.96. The van der Waals surface area contributed by atoms with Crippen LogP contribution in [0.25, 0.3) is 10.2 Å². The molecule has 1 aromatic heterocycles. The smallest absolute Gasteiger partial charge is 0.183 e. The van der Waals surface area contributed by atoms with Gasteiger partial charge < -0.3 is 10.1 Å². The molecule has 2 aromatic rings. The van der Waals surface area contributed by atoms with Gasteiger partial charge >= 0.3 is 0 Å². The zero-order chi connectivity index (χ0) is 12.8. The third-order valence-corrected chi connectivity index (χ3v) is 3.70. The van der Waals surface area contributed by atoms with Crippen LogP contribution in [0.3, 0.4) is 0 Å². The van der Waals surface area contributed by atoms with E-state index in [1.54, 1.807) is 11.3 Å². The Labute approximate surface area is 112 Å². The van der Waals surface area contributed by atoms with Crippen LogP contribution in [0.4, 0.5) is 5.13 Å². The first-order valence-corrected chi connectivity index (χ1v) is 7.30. The molecular weight excluding hydrogens is 244 g/mol. The number of anilines is 1. The van der Waals surface area contributed by atoms with Gasteiger partial charge in [-0.1, -0.05) is 30.7 Å². The molecule has 0 radical (unpaired) electrons. The van der Waals surface area contributed by atoms with Gasteiger partial charge in [-0.2, -0.15) is 0 Å². The molecule has 2 rings (SSSR count). The average molecular weight is 264 g/mol. The Bertz CT molecular complexity index is 495. The second kappa shape index (κ2) is 6.71. The van der Waals surface area contributed by atoms with E-state index in [9.17, 15) is 0 Å². The molecule has 0 fully saturated rings. The lowest BCUT2D eigenvalue weighted by Gasteiger charge is -2.03. The zero-order valence-electron chi connectivity index (χ0n) is 11.0. The maximum atomic E-state index is 5.50. The van der Waals surface area contributed by atoms with Gasteiger partial charge in [0, 0.05) is 13.2 Å². The number of unbranched alkanes of at least 4 members (excludes halogenated alkanes) is 1. The second-order valence-corrected chi connectivity index (χ2v) is 5.41. The van der Waals surface area contributed by atoms with E-state index in [-0.39, 0.29) is 0 Å². The number of hydrogen-bond acceptors (Lipinski definition) is 4. The monoisotopic (exact) mass is 264 g/mol. The van der Waals surface area contributed by atoms with E-state index >= 15 is 0 Å². The zero-order valence-corrected chi connectivity index (χ0v) is 11.8. The molecule has 0 aliphatic rings. The minimum absolute atomic E-state index is 0.745. The molecule has 0 spiro atoms. The molecule has 1 heterocycles. The molecule has 4 heteroatoms. The minimum atomic E-state index is 0.745. The van der Waals surface area contributed by atoms with Crippen molar-refractivity contribution < 1.29 is 4.74 Å². The van der Waals surface area contributed by atoms with E-state index in [2.05, 4.69) is 42.3 Å². The summed E-state index contributed by atoms with van der Waals surface area (Å²) in [5.74, 6) is 0.